The first-order valence-electron chi connectivity index (χ1n) is 5.53. The summed E-state index contributed by atoms with van der Waals surface area (Å²) in [7, 11) is 1.86. The molecule has 1 fully saturated rings. The Morgan fingerprint density at radius 2 is 2.31 bits per heavy atom. The van der Waals surface area contributed by atoms with Gasteiger partial charge in [0.15, 0.2) is 0 Å². The highest BCUT2D eigenvalue weighted by molar-refractivity contribution is 4.97. The Bertz CT molecular complexity index is 333. The highest BCUT2D eigenvalue weighted by Crippen LogP contribution is 2.20. The van der Waals surface area contributed by atoms with Crippen LogP contribution >= 0.6 is 0 Å². The van der Waals surface area contributed by atoms with Crippen molar-refractivity contribution in [2.45, 2.75) is 24.9 Å². The molecule has 0 spiro atoms. The van der Waals surface area contributed by atoms with Crippen molar-refractivity contribution in [3.8, 4) is 0 Å². The maximum Gasteiger partial charge on any atom is 0.0738 e. The first-order chi connectivity index (χ1) is 7.76. The highest BCUT2D eigenvalue weighted by Gasteiger charge is 2.31. The number of nitrogens with zero attached hydrogens (tertiary/aromatic N) is 3. The van der Waals surface area contributed by atoms with Gasteiger partial charge in [-0.1, -0.05) is 5.21 Å². The lowest BCUT2D eigenvalue weighted by Gasteiger charge is -2.36. The van der Waals surface area contributed by atoms with Crippen LogP contribution in [-0.2, 0) is 18.3 Å². The summed E-state index contributed by atoms with van der Waals surface area (Å²) in [4.78, 5) is 0. The van der Waals surface area contributed by atoms with Gasteiger partial charge in [-0.15, -0.1) is 5.10 Å². The topological polar surface area (TPSA) is 72.2 Å². The van der Waals surface area contributed by atoms with E-state index >= 15 is 0 Å². The number of aliphatic hydroxyl groups excluding tert-OH is 1. The van der Waals surface area contributed by atoms with E-state index in [-0.39, 0.29) is 12.1 Å². The van der Waals surface area contributed by atoms with Crippen molar-refractivity contribution in [3.63, 3.8) is 0 Å². The molecule has 6 heteroatoms. The SMILES string of the molecule is Cn1nncc1CNC1(CO)CCOCC1. The minimum absolute atomic E-state index is 0.141. The smallest absolute Gasteiger partial charge is 0.0738 e. The van der Waals surface area contributed by atoms with Crippen molar-refractivity contribution in [1.29, 1.82) is 0 Å². The van der Waals surface area contributed by atoms with Gasteiger partial charge in [0.1, 0.15) is 0 Å². The maximum atomic E-state index is 9.48. The predicted molar refractivity (Wildman–Crippen MR) is 57.7 cm³/mol. The van der Waals surface area contributed by atoms with Gasteiger partial charge in [-0.3, -0.25) is 4.68 Å². The first-order valence-corrected chi connectivity index (χ1v) is 5.53. The van der Waals surface area contributed by atoms with Crippen molar-refractivity contribution < 1.29 is 9.84 Å². The Morgan fingerprint density at radius 1 is 1.56 bits per heavy atom. The van der Waals surface area contributed by atoms with Gasteiger partial charge in [-0.05, 0) is 12.8 Å². The van der Waals surface area contributed by atoms with Gasteiger partial charge in [-0.2, -0.15) is 0 Å². The summed E-state index contributed by atoms with van der Waals surface area (Å²) in [6, 6.07) is 0. The molecule has 0 saturated carbocycles. The molecule has 1 saturated heterocycles. The van der Waals surface area contributed by atoms with Crippen LogP contribution in [0.25, 0.3) is 0 Å². The molecule has 1 aromatic heterocycles. The molecule has 90 valence electrons. The number of hydrogen-bond acceptors (Lipinski definition) is 5. The second kappa shape index (κ2) is 4.90. The van der Waals surface area contributed by atoms with Gasteiger partial charge in [-0.25, -0.2) is 0 Å². The molecule has 2 heterocycles. The van der Waals surface area contributed by atoms with Gasteiger partial charge in [0.25, 0.3) is 0 Å². The Balaban J connectivity index is 1.94. The molecule has 0 unspecified atom stereocenters. The van der Waals surface area contributed by atoms with Crippen LogP contribution in [0.5, 0.6) is 0 Å². The van der Waals surface area contributed by atoms with Gasteiger partial charge in [0, 0.05) is 32.3 Å². The number of ether oxygens (including phenoxy) is 1. The summed E-state index contributed by atoms with van der Waals surface area (Å²) < 4.78 is 7.04. The lowest BCUT2D eigenvalue weighted by atomic mass is 9.91. The van der Waals surface area contributed by atoms with E-state index in [1.165, 1.54) is 0 Å². The van der Waals surface area contributed by atoms with Gasteiger partial charge < -0.3 is 15.2 Å². The number of nitrogens with one attached hydrogen (secondary N) is 1. The molecule has 2 rings (SSSR count). The first kappa shape index (κ1) is 11.5. The van der Waals surface area contributed by atoms with E-state index in [1.807, 2.05) is 7.05 Å². The van der Waals surface area contributed by atoms with E-state index in [4.69, 9.17) is 4.74 Å². The van der Waals surface area contributed by atoms with Gasteiger partial charge in [0.2, 0.25) is 0 Å². The van der Waals surface area contributed by atoms with E-state index in [2.05, 4.69) is 15.6 Å². The fourth-order valence-corrected chi connectivity index (χ4v) is 1.90. The second-order valence-corrected chi connectivity index (χ2v) is 4.25. The zero-order valence-electron chi connectivity index (χ0n) is 9.52. The Hall–Kier alpha value is -0.980. The molecule has 6 nitrogen and oxygen atoms in total. The summed E-state index contributed by atoms with van der Waals surface area (Å²) >= 11 is 0. The molecule has 16 heavy (non-hydrogen) atoms. The molecule has 2 N–H and O–H groups in total. The van der Waals surface area contributed by atoms with Crippen LogP contribution < -0.4 is 5.32 Å². The van der Waals surface area contributed by atoms with E-state index in [9.17, 15) is 5.11 Å². The number of aliphatic hydroxyl groups is 1. The Morgan fingerprint density at radius 3 is 2.88 bits per heavy atom. The minimum atomic E-state index is -0.206. The van der Waals surface area contributed by atoms with Crippen LogP contribution in [0.1, 0.15) is 18.5 Å². The minimum Gasteiger partial charge on any atom is -0.394 e. The van der Waals surface area contributed by atoms with Gasteiger partial charge in [0.05, 0.1) is 18.5 Å². The quantitative estimate of drug-likeness (QED) is 0.720. The summed E-state index contributed by atoms with van der Waals surface area (Å²) in [5, 5.41) is 20.6. The van der Waals surface area contributed by atoms with Crippen molar-refractivity contribution in [2.24, 2.45) is 7.05 Å². The molecule has 1 aliphatic heterocycles. The third-order valence-electron chi connectivity index (χ3n) is 3.21. The summed E-state index contributed by atoms with van der Waals surface area (Å²) in [5.74, 6) is 0. The Labute approximate surface area is 94.6 Å². The third-order valence-corrected chi connectivity index (χ3v) is 3.21. The van der Waals surface area contributed by atoms with Crippen molar-refractivity contribution in [3.05, 3.63) is 11.9 Å². The average Bonchev–Trinajstić information content (AvgIpc) is 2.74. The molecule has 0 atom stereocenters. The molecule has 1 aliphatic rings. The fraction of sp³-hybridized carbons (Fsp3) is 0.800. The van der Waals surface area contributed by atoms with Crippen LogP contribution in [0, 0.1) is 0 Å². The maximum absolute atomic E-state index is 9.48. The molecule has 0 radical (unpaired) electrons. The summed E-state index contributed by atoms with van der Waals surface area (Å²) in [5.41, 5.74) is 0.807. The standard InChI is InChI=1S/C10H18N4O2/c1-14-9(7-12-13-14)6-11-10(8-15)2-4-16-5-3-10/h7,11,15H,2-6,8H2,1H3. The Kier molecular flexibility index (Phi) is 3.52. The molecular formula is C10H18N4O2. The molecule has 0 amide bonds. The molecule has 0 bridgehead atoms. The number of aromatic nitrogens is 3. The predicted octanol–water partition coefficient (Wildman–Crippen LogP) is -0.554. The number of hydrogen-bond donors (Lipinski definition) is 2. The van der Waals surface area contributed by atoms with Crippen LogP contribution in [-0.4, -0.2) is 45.5 Å². The van der Waals surface area contributed by atoms with Gasteiger partial charge >= 0.3 is 0 Å². The van der Waals surface area contributed by atoms with Crippen LogP contribution in [0.3, 0.4) is 0 Å². The molecule has 0 aromatic carbocycles. The largest absolute Gasteiger partial charge is 0.394 e. The average molecular weight is 226 g/mol. The summed E-state index contributed by atoms with van der Waals surface area (Å²) in [6.45, 7) is 2.22. The van der Waals surface area contributed by atoms with E-state index in [1.54, 1.807) is 10.9 Å². The normalized spacial score (nSPS) is 19.9. The zero-order valence-corrected chi connectivity index (χ0v) is 9.52. The molecule has 0 aliphatic carbocycles. The number of aryl methyl sites for hydroxylation is 1. The molecular weight excluding hydrogens is 208 g/mol. The highest BCUT2D eigenvalue weighted by atomic mass is 16.5. The van der Waals surface area contributed by atoms with Crippen molar-refractivity contribution in [1.82, 2.24) is 20.3 Å². The zero-order chi connectivity index (χ0) is 11.4. The van der Waals surface area contributed by atoms with Crippen molar-refractivity contribution >= 4 is 0 Å². The number of rotatable bonds is 4. The van der Waals surface area contributed by atoms with Crippen LogP contribution in [0.2, 0.25) is 0 Å². The monoisotopic (exact) mass is 226 g/mol. The van der Waals surface area contributed by atoms with Crippen LogP contribution in [0.4, 0.5) is 0 Å². The van der Waals surface area contributed by atoms with E-state index in [0.29, 0.717) is 19.8 Å². The van der Waals surface area contributed by atoms with Crippen LogP contribution in [0.15, 0.2) is 6.20 Å². The van der Waals surface area contributed by atoms with Crippen molar-refractivity contribution in [2.75, 3.05) is 19.8 Å². The van der Waals surface area contributed by atoms with E-state index < -0.39 is 0 Å². The lowest BCUT2D eigenvalue weighted by Crippen LogP contribution is -2.52. The second-order valence-electron chi connectivity index (χ2n) is 4.25. The lowest BCUT2D eigenvalue weighted by molar-refractivity contribution is 0.0109. The van der Waals surface area contributed by atoms with E-state index in [0.717, 1.165) is 18.5 Å². The fourth-order valence-electron chi connectivity index (χ4n) is 1.90. The molecule has 1 aromatic rings. The summed E-state index contributed by atoms with van der Waals surface area (Å²) in [6.07, 6.45) is 3.42. The third kappa shape index (κ3) is 2.40.